The van der Waals surface area contributed by atoms with Crippen LogP contribution in [0.15, 0.2) is 24.8 Å². The molecule has 1 aliphatic rings. The molecule has 0 radical (unpaired) electrons. The van der Waals surface area contributed by atoms with Crippen LogP contribution in [0, 0.1) is 11.6 Å². The summed E-state index contributed by atoms with van der Waals surface area (Å²) in [6, 6.07) is 2.18. The number of hydrogen-bond donors (Lipinski definition) is 1. The monoisotopic (exact) mass is 364 g/mol. The first-order valence-corrected chi connectivity index (χ1v) is 8.21. The van der Waals surface area contributed by atoms with Crippen molar-refractivity contribution in [2.45, 2.75) is 31.7 Å². The van der Waals surface area contributed by atoms with E-state index in [9.17, 15) is 8.78 Å². The topological polar surface area (TPSA) is 15.3 Å². The summed E-state index contributed by atoms with van der Waals surface area (Å²) in [5.41, 5.74) is 0.157. The third-order valence-electron chi connectivity index (χ3n) is 4.11. The normalized spacial score (nSPS) is 16.7. The Hall–Kier alpha value is -0.680. The molecule has 1 heterocycles. The molecule has 130 valence electrons. The Morgan fingerprint density at radius 2 is 1.83 bits per heavy atom. The van der Waals surface area contributed by atoms with E-state index in [1.54, 1.807) is 0 Å². The Labute approximate surface area is 148 Å². The largest absolute Gasteiger partial charge is 0.314 e. The molecule has 1 saturated heterocycles. The quantitative estimate of drug-likeness (QED) is 0.555. The van der Waals surface area contributed by atoms with Crippen LogP contribution in [-0.4, -0.2) is 31.1 Å². The lowest BCUT2D eigenvalue weighted by Crippen LogP contribution is -2.45. The number of halogens is 4. The molecule has 2 rings (SSSR count). The molecule has 1 N–H and O–H groups in total. The Morgan fingerprint density at radius 1 is 1.22 bits per heavy atom. The highest BCUT2D eigenvalue weighted by molar-refractivity contribution is 6.30. The molecule has 0 amide bonds. The maximum atomic E-state index is 14.3. The maximum absolute atomic E-state index is 14.3. The molecule has 1 aromatic rings. The number of rotatable bonds is 7. The van der Waals surface area contributed by atoms with E-state index in [0.29, 0.717) is 0 Å². The summed E-state index contributed by atoms with van der Waals surface area (Å²) >= 11 is 5.74. The summed E-state index contributed by atoms with van der Waals surface area (Å²) in [6.45, 7) is 7.00. The fourth-order valence-electron chi connectivity index (χ4n) is 3.00. The molecule has 0 bridgehead atoms. The van der Waals surface area contributed by atoms with Crippen molar-refractivity contribution in [3.63, 3.8) is 0 Å². The molecule has 0 saturated carbocycles. The summed E-state index contributed by atoms with van der Waals surface area (Å²) in [5.74, 6) is -1.09. The zero-order valence-corrected chi connectivity index (χ0v) is 14.7. The van der Waals surface area contributed by atoms with E-state index in [2.05, 4.69) is 16.8 Å². The number of allylic oxidation sites excluding steroid dienone is 1. The predicted molar refractivity (Wildman–Crippen MR) is 94.5 cm³/mol. The van der Waals surface area contributed by atoms with Gasteiger partial charge in [-0.1, -0.05) is 24.1 Å². The highest BCUT2D eigenvalue weighted by atomic mass is 35.5. The van der Waals surface area contributed by atoms with Crippen LogP contribution in [0.1, 0.15) is 37.3 Å². The van der Waals surface area contributed by atoms with Crippen molar-refractivity contribution in [3.05, 3.63) is 47.0 Å². The van der Waals surface area contributed by atoms with Crippen LogP contribution in [0.4, 0.5) is 8.78 Å². The Balaban J connectivity index is 0.00000264. The van der Waals surface area contributed by atoms with E-state index in [4.69, 9.17) is 11.6 Å². The van der Waals surface area contributed by atoms with Crippen molar-refractivity contribution in [2.24, 2.45) is 0 Å². The number of nitrogens with zero attached hydrogens (tertiary/aromatic N) is 1. The van der Waals surface area contributed by atoms with E-state index in [1.165, 1.54) is 12.1 Å². The molecule has 1 atom stereocenters. The minimum atomic E-state index is -0.544. The average molecular weight is 365 g/mol. The number of hydrogen-bond acceptors (Lipinski definition) is 2. The minimum absolute atomic E-state index is 0. The van der Waals surface area contributed by atoms with Crippen LogP contribution in [0.3, 0.4) is 0 Å². The highest BCUT2D eigenvalue weighted by Gasteiger charge is 2.27. The molecule has 0 aliphatic carbocycles. The van der Waals surface area contributed by atoms with Crippen molar-refractivity contribution in [1.82, 2.24) is 10.2 Å². The smallest absolute Gasteiger partial charge is 0.132 e. The molecule has 1 aliphatic heterocycles. The Morgan fingerprint density at radius 3 is 2.39 bits per heavy atom. The minimum Gasteiger partial charge on any atom is -0.314 e. The molecule has 0 aromatic heterocycles. The van der Waals surface area contributed by atoms with Crippen molar-refractivity contribution in [2.75, 3.05) is 26.2 Å². The first kappa shape index (κ1) is 20.4. The van der Waals surface area contributed by atoms with Gasteiger partial charge in [0.25, 0.3) is 0 Å². The molecular formula is C17H24Cl2F2N2. The first-order valence-electron chi connectivity index (χ1n) is 7.83. The summed E-state index contributed by atoms with van der Waals surface area (Å²) < 4.78 is 28.6. The zero-order valence-electron chi connectivity index (χ0n) is 13.2. The van der Waals surface area contributed by atoms with Gasteiger partial charge in [0, 0.05) is 42.8 Å². The predicted octanol–water partition coefficient (Wildman–Crippen LogP) is 4.73. The van der Waals surface area contributed by atoms with Gasteiger partial charge in [0.15, 0.2) is 0 Å². The second-order valence-electron chi connectivity index (χ2n) is 5.66. The van der Waals surface area contributed by atoms with Gasteiger partial charge in [-0.25, -0.2) is 8.78 Å². The molecule has 1 fully saturated rings. The lowest BCUT2D eigenvalue weighted by Gasteiger charge is -2.35. The number of piperazine rings is 1. The van der Waals surface area contributed by atoms with Crippen LogP contribution < -0.4 is 5.32 Å². The third kappa shape index (κ3) is 5.71. The molecule has 0 unspecified atom stereocenters. The fourth-order valence-corrected chi connectivity index (χ4v) is 3.19. The standard InChI is InChI=1S/C17H23ClF2N2.ClH/c1-2-3-4-5-6-16(22-9-7-21-8-10-22)17-14(19)11-13(18)12-15(17)20;/h2,11-12,16,21H,1,3-10H2;1H/t16-;/m0./s1. The van der Waals surface area contributed by atoms with Gasteiger partial charge < -0.3 is 5.32 Å². The molecule has 6 heteroatoms. The Bertz CT molecular complexity index is 482. The number of benzene rings is 1. The highest BCUT2D eigenvalue weighted by Crippen LogP contribution is 2.32. The van der Waals surface area contributed by atoms with Crippen LogP contribution in [0.25, 0.3) is 0 Å². The molecule has 1 aromatic carbocycles. The molecule has 2 nitrogen and oxygen atoms in total. The van der Waals surface area contributed by atoms with Crippen LogP contribution in [-0.2, 0) is 0 Å². The number of nitrogens with one attached hydrogen (secondary N) is 1. The van der Waals surface area contributed by atoms with Crippen molar-refractivity contribution < 1.29 is 8.78 Å². The van der Waals surface area contributed by atoms with E-state index in [0.717, 1.165) is 51.9 Å². The molecular weight excluding hydrogens is 341 g/mol. The van der Waals surface area contributed by atoms with Gasteiger partial charge >= 0.3 is 0 Å². The molecule has 23 heavy (non-hydrogen) atoms. The fraction of sp³-hybridized carbons (Fsp3) is 0.529. The van der Waals surface area contributed by atoms with E-state index in [-0.39, 0.29) is 29.0 Å². The third-order valence-corrected chi connectivity index (χ3v) is 4.32. The lowest BCUT2D eigenvalue weighted by molar-refractivity contribution is 0.156. The average Bonchev–Trinajstić information content (AvgIpc) is 2.49. The van der Waals surface area contributed by atoms with Gasteiger partial charge in [-0.15, -0.1) is 19.0 Å². The van der Waals surface area contributed by atoms with E-state index >= 15 is 0 Å². The molecule has 0 spiro atoms. The van der Waals surface area contributed by atoms with Crippen LogP contribution in [0.5, 0.6) is 0 Å². The van der Waals surface area contributed by atoms with Gasteiger partial charge in [-0.05, 0) is 31.4 Å². The van der Waals surface area contributed by atoms with Crippen molar-refractivity contribution in [1.29, 1.82) is 0 Å². The van der Waals surface area contributed by atoms with Gasteiger partial charge in [-0.2, -0.15) is 0 Å². The van der Waals surface area contributed by atoms with Gasteiger partial charge in [-0.3, -0.25) is 4.90 Å². The second-order valence-corrected chi connectivity index (χ2v) is 6.09. The zero-order chi connectivity index (χ0) is 15.9. The summed E-state index contributed by atoms with van der Waals surface area (Å²) in [6.07, 6.45) is 5.46. The summed E-state index contributed by atoms with van der Waals surface area (Å²) in [7, 11) is 0. The Kier molecular flexibility index (Phi) is 9.07. The van der Waals surface area contributed by atoms with Crippen molar-refractivity contribution in [3.8, 4) is 0 Å². The lowest BCUT2D eigenvalue weighted by atomic mass is 9.97. The van der Waals surface area contributed by atoms with Gasteiger partial charge in [0.1, 0.15) is 11.6 Å². The summed E-state index contributed by atoms with van der Waals surface area (Å²) in [4.78, 5) is 2.17. The SMILES string of the molecule is C=CCCCC[C@@H](c1c(F)cc(Cl)cc1F)N1CCNCC1.Cl. The van der Waals surface area contributed by atoms with Gasteiger partial charge in [0.2, 0.25) is 0 Å². The maximum Gasteiger partial charge on any atom is 0.132 e. The second kappa shape index (κ2) is 10.2. The number of unbranched alkanes of at least 4 members (excludes halogenated alkanes) is 2. The van der Waals surface area contributed by atoms with Gasteiger partial charge in [0.05, 0.1) is 0 Å². The van der Waals surface area contributed by atoms with Crippen LogP contribution in [0.2, 0.25) is 5.02 Å². The van der Waals surface area contributed by atoms with Crippen LogP contribution >= 0.6 is 24.0 Å². The van der Waals surface area contributed by atoms with E-state index in [1.807, 2.05) is 6.08 Å². The first-order chi connectivity index (χ1) is 10.6. The summed E-state index contributed by atoms with van der Waals surface area (Å²) in [5, 5.41) is 3.37. The van der Waals surface area contributed by atoms with E-state index < -0.39 is 11.6 Å². The van der Waals surface area contributed by atoms with Crippen molar-refractivity contribution >= 4 is 24.0 Å².